The molecule has 0 bridgehead atoms. The third-order valence-electron chi connectivity index (χ3n) is 4.20. The van der Waals surface area contributed by atoms with E-state index in [1.54, 1.807) is 12.1 Å². The molecule has 1 fully saturated rings. The zero-order valence-corrected chi connectivity index (χ0v) is 14.4. The fourth-order valence-electron chi connectivity index (χ4n) is 2.83. The molecule has 1 aliphatic rings. The van der Waals surface area contributed by atoms with Crippen molar-refractivity contribution in [3.05, 3.63) is 64.4 Å². The van der Waals surface area contributed by atoms with E-state index in [2.05, 4.69) is 41.4 Å². The van der Waals surface area contributed by atoms with E-state index in [4.69, 9.17) is 23.8 Å². The molecule has 5 heteroatoms. The fourth-order valence-corrected chi connectivity index (χ4v) is 3.30. The Morgan fingerprint density at radius 3 is 2.70 bits per heavy atom. The van der Waals surface area contributed by atoms with E-state index in [0.29, 0.717) is 16.7 Å². The van der Waals surface area contributed by atoms with Gasteiger partial charge in [-0.05, 0) is 49.3 Å². The molecule has 3 rings (SSSR count). The lowest BCUT2D eigenvalue weighted by atomic mass is 9.98. The molecular formula is C18H18ClFN2S. The van der Waals surface area contributed by atoms with Gasteiger partial charge >= 0.3 is 0 Å². The van der Waals surface area contributed by atoms with Gasteiger partial charge in [-0.3, -0.25) is 0 Å². The first-order chi connectivity index (χ1) is 11.0. The van der Waals surface area contributed by atoms with Crippen LogP contribution in [0, 0.1) is 12.7 Å². The van der Waals surface area contributed by atoms with E-state index in [-0.39, 0.29) is 5.02 Å². The molecule has 0 aromatic heterocycles. The molecular weight excluding hydrogens is 331 g/mol. The number of nitrogens with one attached hydrogen (secondary N) is 1. The Kier molecular flexibility index (Phi) is 4.83. The normalized spacial score (nSPS) is 17.3. The summed E-state index contributed by atoms with van der Waals surface area (Å²) in [6.45, 7) is 3.90. The van der Waals surface area contributed by atoms with Gasteiger partial charge in [-0.1, -0.05) is 41.4 Å². The molecule has 1 aliphatic heterocycles. The molecule has 23 heavy (non-hydrogen) atoms. The number of likely N-dealkylation sites (tertiary alicyclic amines) is 1. The second-order valence-electron chi connectivity index (χ2n) is 5.90. The van der Waals surface area contributed by atoms with Crippen LogP contribution in [-0.2, 0) is 0 Å². The second kappa shape index (κ2) is 6.85. The molecule has 0 spiro atoms. The van der Waals surface area contributed by atoms with Gasteiger partial charge in [0.25, 0.3) is 0 Å². The largest absolute Gasteiger partial charge is 0.348 e. The van der Waals surface area contributed by atoms with Crippen LogP contribution >= 0.6 is 23.8 Å². The van der Waals surface area contributed by atoms with E-state index < -0.39 is 5.82 Å². The Labute approximate surface area is 146 Å². The van der Waals surface area contributed by atoms with Crippen molar-refractivity contribution in [2.75, 3.05) is 18.4 Å². The number of nitrogens with zero attached hydrogens (tertiary/aromatic N) is 1. The summed E-state index contributed by atoms with van der Waals surface area (Å²) in [7, 11) is 0. The third kappa shape index (κ3) is 3.82. The van der Waals surface area contributed by atoms with Crippen molar-refractivity contribution in [3.8, 4) is 0 Å². The summed E-state index contributed by atoms with van der Waals surface area (Å²) in [5, 5.41) is 3.89. The van der Waals surface area contributed by atoms with E-state index in [1.807, 2.05) is 0 Å². The molecule has 1 unspecified atom stereocenters. The van der Waals surface area contributed by atoms with Crippen molar-refractivity contribution in [2.24, 2.45) is 0 Å². The molecule has 1 N–H and O–H groups in total. The van der Waals surface area contributed by atoms with Gasteiger partial charge < -0.3 is 10.2 Å². The van der Waals surface area contributed by atoms with Gasteiger partial charge in [-0.15, -0.1) is 0 Å². The predicted molar refractivity (Wildman–Crippen MR) is 97.7 cm³/mol. The third-order valence-corrected chi connectivity index (χ3v) is 4.84. The smallest absolute Gasteiger partial charge is 0.173 e. The summed E-state index contributed by atoms with van der Waals surface area (Å²) >= 11 is 11.3. The number of aryl methyl sites for hydroxylation is 1. The van der Waals surface area contributed by atoms with Crippen molar-refractivity contribution in [1.29, 1.82) is 0 Å². The van der Waals surface area contributed by atoms with Gasteiger partial charge in [0.05, 0.1) is 5.02 Å². The van der Waals surface area contributed by atoms with Crippen molar-refractivity contribution in [3.63, 3.8) is 0 Å². The van der Waals surface area contributed by atoms with Crippen LogP contribution in [0.4, 0.5) is 10.1 Å². The summed E-state index contributed by atoms with van der Waals surface area (Å²) in [5.41, 5.74) is 3.33. The average Bonchev–Trinajstić information content (AvgIpc) is 3.02. The lowest BCUT2D eigenvalue weighted by Gasteiger charge is -2.21. The van der Waals surface area contributed by atoms with Crippen LogP contribution in [0.15, 0.2) is 42.5 Å². The summed E-state index contributed by atoms with van der Waals surface area (Å²) in [5.74, 6) is 0.0656. The lowest BCUT2D eigenvalue weighted by Crippen LogP contribution is -2.32. The highest BCUT2D eigenvalue weighted by atomic mass is 35.5. The molecule has 120 valence electrons. The van der Waals surface area contributed by atoms with Crippen molar-refractivity contribution in [1.82, 2.24) is 4.90 Å². The van der Waals surface area contributed by atoms with Crippen molar-refractivity contribution < 1.29 is 4.39 Å². The first-order valence-electron chi connectivity index (χ1n) is 7.60. The molecule has 0 aliphatic carbocycles. The minimum Gasteiger partial charge on any atom is -0.348 e. The molecule has 0 amide bonds. The average molecular weight is 349 g/mol. The molecule has 1 heterocycles. The zero-order chi connectivity index (χ0) is 16.4. The van der Waals surface area contributed by atoms with E-state index >= 15 is 0 Å². The summed E-state index contributed by atoms with van der Waals surface area (Å²) < 4.78 is 13.2. The SMILES string of the molecule is Cc1ccc(C2CCN(C(=S)Nc3ccc(F)c(Cl)c3)C2)cc1. The summed E-state index contributed by atoms with van der Waals surface area (Å²) in [6, 6.07) is 13.2. The number of hydrogen-bond acceptors (Lipinski definition) is 1. The van der Waals surface area contributed by atoms with Gasteiger partial charge in [-0.25, -0.2) is 4.39 Å². The number of benzene rings is 2. The Morgan fingerprint density at radius 2 is 2.00 bits per heavy atom. The first-order valence-corrected chi connectivity index (χ1v) is 8.39. The van der Waals surface area contributed by atoms with Crippen molar-refractivity contribution in [2.45, 2.75) is 19.3 Å². The molecule has 1 atom stereocenters. The quantitative estimate of drug-likeness (QED) is 0.771. The number of halogens is 2. The number of anilines is 1. The van der Waals surface area contributed by atoms with Crippen LogP contribution in [0.3, 0.4) is 0 Å². The standard InChI is InChI=1S/C18H18ClFN2S/c1-12-2-4-13(5-3-12)14-8-9-22(11-14)18(23)21-15-6-7-17(20)16(19)10-15/h2-7,10,14H,8-9,11H2,1H3,(H,21,23). The molecule has 0 radical (unpaired) electrons. The highest BCUT2D eigenvalue weighted by molar-refractivity contribution is 7.80. The molecule has 0 saturated carbocycles. The minimum atomic E-state index is -0.427. The maximum Gasteiger partial charge on any atom is 0.173 e. The van der Waals surface area contributed by atoms with Crippen LogP contribution in [-0.4, -0.2) is 23.1 Å². The Hall–Kier alpha value is -1.65. The van der Waals surface area contributed by atoms with Gasteiger partial charge in [0.1, 0.15) is 5.82 Å². The van der Waals surface area contributed by atoms with Gasteiger partial charge in [0, 0.05) is 24.7 Å². The Balaban J connectivity index is 1.63. The number of rotatable bonds is 2. The Morgan fingerprint density at radius 1 is 1.26 bits per heavy atom. The summed E-state index contributed by atoms with van der Waals surface area (Å²) in [4.78, 5) is 2.15. The highest BCUT2D eigenvalue weighted by Gasteiger charge is 2.25. The molecule has 2 nitrogen and oxygen atoms in total. The number of hydrogen-bond donors (Lipinski definition) is 1. The second-order valence-corrected chi connectivity index (χ2v) is 6.70. The van der Waals surface area contributed by atoms with Crippen LogP contribution in [0.25, 0.3) is 0 Å². The zero-order valence-electron chi connectivity index (χ0n) is 12.9. The highest BCUT2D eigenvalue weighted by Crippen LogP contribution is 2.28. The monoisotopic (exact) mass is 348 g/mol. The van der Waals surface area contributed by atoms with Gasteiger partial charge in [0.2, 0.25) is 0 Å². The van der Waals surface area contributed by atoms with E-state index in [1.165, 1.54) is 17.2 Å². The predicted octanol–water partition coefficient (Wildman–Crippen LogP) is 4.97. The molecule has 1 saturated heterocycles. The number of thiocarbonyl (C=S) groups is 1. The van der Waals surface area contributed by atoms with Gasteiger partial charge in [-0.2, -0.15) is 0 Å². The van der Waals surface area contributed by atoms with E-state index in [0.717, 1.165) is 19.5 Å². The van der Waals surface area contributed by atoms with Gasteiger partial charge in [0.15, 0.2) is 5.11 Å². The van der Waals surface area contributed by atoms with E-state index in [9.17, 15) is 4.39 Å². The van der Waals surface area contributed by atoms with Crippen LogP contribution < -0.4 is 5.32 Å². The fraction of sp³-hybridized carbons (Fsp3) is 0.278. The maximum atomic E-state index is 13.2. The Bertz CT molecular complexity index is 717. The van der Waals surface area contributed by atoms with Crippen LogP contribution in [0.5, 0.6) is 0 Å². The van der Waals surface area contributed by atoms with Crippen LogP contribution in [0.1, 0.15) is 23.5 Å². The van der Waals surface area contributed by atoms with Crippen molar-refractivity contribution >= 4 is 34.6 Å². The molecule has 2 aromatic carbocycles. The lowest BCUT2D eigenvalue weighted by molar-refractivity contribution is 0.518. The van der Waals surface area contributed by atoms with Crippen LogP contribution in [0.2, 0.25) is 5.02 Å². The summed E-state index contributed by atoms with van der Waals surface area (Å²) in [6.07, 6.45) is 1.08. The topological polar surface area (TPSA) is 15.3 Å². The maximum absolute atomic E-state index is 13.2. The minimum absolute atomic E-state index is 0.0942. The molecule has 2 aromatic rings. The first kappa shape index (κ1) is 16.2.